The average molecular weight is 501 g/mol. The molecule has 2 saturated heterocycles. The highest BCUT2D eigenvalue weighted by atomic mass is 16.6. The van der Waals surface area contributed by atoms with Gasteiger partial charge < -0.3 is 29.6 Å². The molecule has 1 aromatic carbocycles. The van der Waals surface area contributed by atoms with Crippen LogP contribution in [-0.4, -0.2) is 61.8 Å². The van der Waals surface area contributed by atoms with Gasteiger partial charge in [0, 0.05) is 25.8 Å². The maximum atomic E-state index is 12.7. The Bertz CT molecular complexity index is 969. The Morgan fingerprint density at radius 2 is 1.94 bits per heavy atom. The molecule has 2 amide bonds. The molecule has 3 aliphatic rings. The first-order valence-corrected chi connectivity index (χ1v) is 13.0. The van der Waals surface area contributed by atoms with E-state index in [1.165, 1.54) is 5.57 Å². The number of hydrogen-bond acceptors (Lipinski definition) is 6. The van der Waals surface area contributed by atoms with Crippen LogP contribution in [-0.2, 0) is 30.2 Å². The van der Waals surface area contributed by atoms with E-state index < -0.39 is 6.09 Å². The molecule has 0 radical (unpaired) electrons. The van der Waals surface area contributed by atoms with E-state index in [-0.39, 0.29) is 41.3 Å². The molecule has 36 heavy (non-hydrogen) atoms. The van der Waals surface area contributed by atoms with Gasteiger partial charge in [0.25, 0.3) is 0 Å². The second-order valence-corrected chi connectivity index (χ2v) is 10.6. The van der Waals surface area contributed by atoms with E-state index in [1.54, 1.807) is 7.11 Å². The van der Waals surface area contributed by atoms with Crippen molar-refractivity contribution in [1.82, 2.24) is 5.32 Å². The number of carbonyl (C=O) groups excluding carboxylic acids is 2. The summed E-state index contributed by atoms with van der Waals surface area (Å²) in [5.74, 6) is -0.0138. The average Bonchev–Trinajstić information content (AvgIpc) is 3.77. The zero-order chi connectivity index (χ0) is 25.9. The predicted molar refractivity (Wildman–Crippen MR) is 137 cm³/mol. The van der Waals surface area contributed by atoms with E-state index >= 15 is 0 Å². The SMILES string of the molecule is CCC(=O)Nc1ccc(CCNC(=O)OC2CC[C@]3(CO3)C([C@@]3(C)O[C@@H]3CC=C(C)C)C2OC)cc1. The molecular formula is C28H40N2O6. The number of anilines is 1. The molecule has 1 spiro atoms. The maximum Gasteiger partial charge on any atom is 0.407 e. The van der Waals surface area contributed by atoms with Crippen molar-refractivity contribution in [1.29, 1.82) is 0 Å². The number of amides is 2. The van der Waals surface area contributed by atoms with Crippen molar-refractivity contribution < 1.29 is 28.5 Å². The standard InChI is InChI=1S/C28H40N2O6/c1-6-23(31)30-20-10-8-19(9-11-20)14-16-29-26(32)35-21-13-15-28(17-34-28)25(24(21)33-5)27(4)22(36-27)12-7-18(2)3/h7-11,21-22,24-25H,6,12-17H2,1-5H3,(H,29,32)(H,30,31)/t21?,22-,24?,25?,27+,28+/m1/s1. The topological polar surface area (TPSA) is 102 Å². The smallest absolute Gasteiger partial charge is 0.407 e. The second-order valence-electron chi connectivity index (χ2n) is 10.6. The van der Waals surface area contributed by atoms with Crippen molar-refractivity contribution >= 4 is 17.7 Å². The third-order valence-electron chi connectivity index (χ3n) is 7.74. The fourth-order valence-electron chi connectivity index (χ4n) is 5.56. The number of hydrogen-bond donors (Lipinski definition) is 2. The minimum Gasteiger partial charge on any atom is -0.443 e. The first kappa shape index (κ1) is 26.6. The molecule has 8 heteroatoms. The van der Waals surface area contributed by atoms with Crippen molar-refractivity contribution in [2.75, 3.05) is 25.6 Å². The number of rotatable bonds is 10. The minimum atomic E-state index is -0.441. The van der Waals surface area contributed by atoms with Gasteiger partial charge >= 0.3 is 6.09 Å². The summed E-state index contributed by atoms with van der Waals surface area (Å²) in [6.07, 6.45) is 4.71. The summed E-state index contributed by atoms with van der Waals surface area (Å²) >= 11 is 0. The van der Waals surface area contributed by atoms with Crippen LogP contribution in [0.15, 0.2) is 35.9 Å². The van der Waals surface area contributed by atoms with Crippen molar-refractivity contribution in [3.8, 4) is 0 Å². The fourth-order valence-corrected chi connectivity index (χ4v) is 5.56. The molecule has 2 heterocycles. The summed E-state index contributed by atoms with van der Waals surface area (Å²) in [4.78, 5) is 24.2. The van der Waals surface area contributed by atoms with Crippen LogP contribution in [0.5, 0.6) is 0 Å². The monoisotopic (exact) mass is 500 g/mol. The first-order chi connectivity index (χ1) is 17.2. The Balaban J connectivity index is 1.30. The van der Waals surface area contributed by atoms with Crippen LogP contribution in [0.25, 0.3) is 0 Å². The molecule has 1 aromatic rings. The van der Waals surface area contributed by atoms with E-state index in [4.69, 9.17) is 18.9 Å². The number of carbonyl (C=O) groups is 2. The molecule has 3 fully saturated rings. The summed E-state index contributed by atoms with van der Waals surface area (Å²) < 4.78 is 24.0. The highest BCUT2D eigenvalue weighted by Crippen LogP contribution is 2.59. The first-order valence-electron chi connectivity index (χ1n) is 13.0. The van der Waals surface area contributed by atoms with Crippen molar-refractivity contribution in [2.45, 2.75) is 89.3 Å². The maximum absolute atomic E-state index is 12.7. The molecule has 1 saturated carbocycles. The zero-order valence-electron chi connectivity index (χ0n) is 22.1. The summed E-state index contributed by atoms with van der Waals surface area (Å²) in [7, 11) is 1.68. The molecule has 2 aliphatic heterocycles. The highest BCUT2D eigenvalue weighted by Gasteiger charge is 2.72. The lowest BCUT2D eigenvalue weighted by atomic mass is 9.68. The molecule has 6 atom stereocenters. The number of epoxide rings is 2. The van der Waals surface area contributed by atoms with Gasteiger partial charge in [0.2, 0.25) is 5.91 Å². The van der Waals surface area contributed by atoms with Gasteiger partial charge in [0.15, 0.2) is 0 Å². The molecule has 2 N–H and O–H groups in total. The molecule has 198 valence electrons. The van der Waals surface area contributed by atoms with Gasteiger partial charge in [-0.05, 0) is 64.2 Å². The van der Waals surface area contributed by atoms with E-state index in [0.717, 1.165) is 24.1 Å². The summed E-state index contributed by atoms with van der Waals surface area (Å²) in [5, 5.41) is 5.70. The lowest BCUT2D eigenvalue weighted by molar-refractivity contribution is -0.118. The van der Waals surface area contributed by atoms with Crippen LogP contribution in [0, 0.1) is 5.92 Å². The lowest BCUT2D eigenvalue weighted by Gasteiger charge is -2.42. The summed E-state index contributed by atoms with van der Waals surface area (Å²) in [5.41, 5.74) is 2.50. The Kier molecular flexibility index (Phi) is 8.07. The van der Waals surface area contributed by atoms with Crippen LogP contribution in [0.2, 0.25) is 0 Å². The molecule has 0 aromatic heterocycles. The quantitative estimate of drug-likeness (QED) is 0.365. The van der Waals surface area contributed by atoms with Crippen LogP contribution < -0.4 is 10.6 Å². The normalized spacial score (nSPS) is 32.5. The number of nitrogens with one attached hydrogen (secondary N) is 2. The van der Waals surface area contributed by atoms with E-state index in [1.807, 2.05) is 31.2 Å². The van der Waals surface area contributed by atoms with Gasteiger partial charge in [-0.2, -0.15) is 0 Å². The number of benzene rings is 1. The third-order valence-corrected chi connectivity index (χ3v) is 7.74. The second kappa shape index (κ2) is 10.9. The number of alkyl carbamates (subject to hydrolysis) is 1. The van der Waals surface area contributed by atoms with E-state index in [9.17, 15) is 9.59 Å². The molecule has 8 nitrogen and oxygen atoms in total. The lowest BCUT2D eigenvalue weighted by Crippen LogP contribution is -2.56. The fraction of sp³-hybridized carbons (Fsp3) is 0.643. The molecular weight excluding hydrogens is 460 g/mol. The van der Waals surface area contributed by atoms with Gasteiger partial charge in [-0.3, -0.25) is 4.79 Å². The van der Waals surface area contributed by atoms with Crippen molar-refractivity contribution in [3.63, 3.8) is 0 Å². The Labute approximate surface area is 214 Å². The van der Waals surface area contributed by atoms with Crippen LogP contribution in [0.1, 0.15) is 58.9 Å². The van der Waals surface area contributed by atoms with Crippen LogP contribution >= 0.6 is 0 Å². The number of allylic oxidation sites excluding steroid dienone is 1. The van der Waals surface area contributed by atoms with Gasteiger partial charge in [-0.15, -0.1) is 0 Å². The molecule has 3 unspecified atom stereocenters. The number of ether oxygens (including phenoxy) is 4. The third kappa shape index (κ3) is 5.93. The van der Waals surface area contributed by atoms with Crippen LogP contribution in [0.4, 0.5) is 10.5 Å². The van der Waals surface area contributed by atoms with Crippen molar-refractivity contribution in [3.05, 3.63) is 41.5 Å². The Hall–Kier alpha value is -2.42. The minimum absolute atomic E-state index is 0.00354. The van der Waals surface area contributed by atoms with Gasteiger partial charge in [0.1, 0.15) is 23.4 Å². The van der Waals surface area contributed by atoms with E-state index in [0.29, 0.717) is 32.4 Å². The molecule has 4 rings (SSSR count). The van der Waals surface area contributed by atoms with Crippen molar-refractivity contribution in [2.24, 2.45) is 5.92 Å². The predicted octanol–water partition coefficient (Wildman–Crippen LogP) is 4.38. The Morgan fingerprint density at radius 3 is 2.56 bits per heavy atom. The largest absolute Gasteiger partial charge is 0.443 e. The zero-order valence-corrected chi connectivity index (χ0v) is 22.1. The molecule has 0 bridgehead atoms. The summed E-state index contributed by atoms with van der Waals surface area (Å²) in [6.45, 7) is 9.29. The molecule has 1 aliphatic carbocycles. The number of methoxy groups -OCH3 is 1. The van der Waals surface area contributed by atoms with Gasteiger partial charge in [-0.1, -0.05) is 30.7 Å². The van der Waals surface area contributed by atoms with Gasteiger partial charge in [0.05, 0.1) is 18.6 Å². The van der Waals surface area contributed by atoms with Gasteiger partial charge in [-0.25, -0.2) is 4.79 Å². The Morgan fingerprint density at radius 1 is 1.22 bits per heavy atom. The highest BCUT2D eigenvalue weighted by molar-refractivity contribution is 5.90. The van der Waals surface area contributed by atoms with Crippen LogP contribution in [0.3, 0.4) is 0 Å². The summed E-state index contributed by atoms with van der Waals surface area (Å²) in [6, 6.07) is 7.63. The van der Waals surface area contributed by atoms with E-state index in [2.05, 4.69) is 37.5 Å².